The summed E-state index contributed by atoms with van der Waals surface area (Å²) in [6, 6.07) is 4.96. The quantitative estimate of drug-likeness (QED) is 0.610. The second-order valence-electron chi connectivity index (χ2n) is 8.37. The van der Waals surface area contributed by atoms with Gasteiger partial charge < -0.3 is 24.0 Å². The summed E-state index contributed by atoms with van der Waals surface area (Å²) in [5.74, 6) is 1.52. The zero-order valence-electron chi connectivity index (χ0n) is 17.6. The second-order valence-corrected chi connectivity index (χ2v) is 8.37. The Morgan fingerprint density at radius 3 is 2.87 bits per heavy atom. The molecule has 0 amide bonds. The minimum absolute atomic E-state index is 0.170. The third-order valence-corrected chi connectivity index (χ3v) is 6.25. The topological polar surface area (TPSA) is 97.9 Å². The lowest BCUT2D eigenvalue weighted by Crippen LogP contribution is -2.34. The molecule has 0 unspecified atom stereocenters. The number of methoxy groups -OCH3 is 1. The van der Waals surface area contributed by atoms with Crippen molar-refractivity contribution >= 4 is 12.0 Å². The standard InChI is InChI=1S/C22H28FN3O5/c1-29-13-20-24-22(31-25-20)26-7-4-14(5-8-26)18-10-15(18)6-9-30-17-3-2-16(11-21(27)28)19(23)12-17/h2-3,12,14-15,18H,4-11,13H2,1H3,(H,27,28)/t15-,18-/m1/s1. The number of aromatic nitrogens is 2. The van der Waals surface area contributed by atoms with Crippen LogP contribution in [-0.2, 0) is 22.6 Å². The minimum Gasteiger partial charge on any atom is -0.493 e. The summed E-state index contributed by atoms with van der Waals surface area (Å²) in [5.41, 5.74) is 0.170. The van der Waals surface area contributed by atoms with E-state index in [1.807, 2.05) is 0 Å². The Morgan fingerprint density at radius 1 is 1.35 bits per heavy atom. The Balaban J connectivity index is 1.17. The summed E-state index contributed by atoms with van der Waals surface area (Å²) < 4.78 is 30.0. The fraction of sp³-hybridized carbons (Fsp3) is 0.591. The first-order valence-electron chi connectivity index (χ1n) is 10.7. The monoisotopic (exact) mass is 433 g/mol. The highest BCUT2D eigenvalue weighted by molar-refractivity contribution is 5.70. The molecular formula is C22H28FN3O5. The van der Waals surface area contributed by atoms with E-state index in [-0.39, 0.29) is 12.0 Å². The van der Waals surface area contributed by atoms with Crippen LogP contribution in [0.1, 0.15) is 37.1 Å². The number of piperidine rings is 1. The van der Waals surface area contributed by atoms with Crippen molar-refractivity contribution in [2.24, 2.45) is 17.8 Å². The van der Waals surface area contributed by atoms with Crippen molar-refractivity contribution in [2.75, 3.05) is 31.7 Å². The van der Waals surface area contributed by atoms with Gasteiger partial charge in [-0.3, -0.25) is 4.79 Å². The largest absolute Gasteiger partial charge is 0.493 e. The minimum atomic E-state index is -1.05. The molecule has 2 atom stereocenters. The van der Waals surface area contributed by atoms with Gasteiger partial charge in [-0.05, 0) is 55.1 Å². The molecule has 8 nitrogen and oxygen atoms in total. The van der Waals surface area contributed by atoms with Crippen molar-refractivity contribution < 1.29 is 28.3 Å². The molecule has 0 bridgehead atoms. The summed E-state index contributed by atoms with van der Waals surface area (Å²) in [5, 5.41) is 12.7. The van der Waals surface area contributed by atoms with Crippen LogP contribution in [-0.4, -0.2) is 48.0 Å². The molecule has 0 spiro atoms. The molecular weight excluding hydrogens is 405 g/mol. The van der Waals surface area contributed by atoms with Gasteiger partial charge in [-0.25, -0.2) is 4.39 Å². The van der Waals surface area contributed by atoms with Crippen LogP contribution in [0, 0.1) is 23.6 Å². The molecule has 1 aliphatic carbocycles. The summed E-state index contributed by atoms with van der Waals surface area (Å²) in [7, 11) is 1.61. The average molecular weight is 433 g/mol. The maximum Gasteiger partial charge on any atom is 0.324 e. The molecule has 0 radical (unpaired) electrons. The molecule has 1 saturated heterocycles. The number of halogens is 1. The summed E-state index contributed by atoms with van der Waals surface area (Å²) in [6.45, 7) is 2.73. The lowest BCUT2D eigenvalue weighted by atomic mass is 9.90. The van der Waals surface area contributed by atoms with Gasteiger partial charge >= 0.3 is 12.0 Å². The van der Waals surface area contributed by atoms with Gasteiger partial charge in [0.05, 0.1) is 13.0 Å². The van der Waals surface area contributed by atoms with Crippen molar-refractivity contribution in [3.8, 4) is 5.75 Å². The smallest absolute Gasteiger partial charge is 0.324 e. The highest BCUT2D eigenvalue weighted by Gasteiger charge is 2.43. The van der Waals surface area contributed by atoms with Crippen LogP contribution in [0.3, 0.4) is 0 Å². The molecule has 2 heterocycles. The molecule has 4 rings (SSSR count). The lowest BCUT2D eigenvalue weighted by molar-refractivity contribution is -0.136. The Kier molecular flexibility index (Phi) is 6.70. The molecule has 31 heavy (non-hydrogen) atoms. The maximum absolute atomic E-state index is 13.9. The Bertz CT molecular complexity index is 897. The zero-order chi connectivity index (χ0) is 21.8. The molecule has 2 aliphatic rings. The fourth-order valence-electron chi connectivity index (χ4n) is 4.51. The number of nitrogens with zero attached hydrogens (tertiary/aromatic N) is 3. The number of hydrogen-bond acceptors (Lipinski definition) is 7. The van der Waals surface area contributed by atoms with E-state index in [1.165, 1.54) is 18.6 Å². The molecule has 168 valence electrons. The van der Waals surface area contributed by atoms with Crippen molar-refractivity contribution in [1.29, 1.82) is 0 Å². The van der Waals surface area contributed by atoms with Gasteiger partial charge in [-0.1, -0.05) is 11.2 Å². The first-order chi connectivity index (χ1) is 15.0. The Hall–Kier alpha value is -2.68. The van der Waals surface area contributed by atoms with E-state index in [4.69, 9.17) is 19.1 Å². The molecule has 9 heteroatoms. The third kappa shape index (κ3) is 5.52. The molecule has 1 aromatic carbocycles. The number of carboxylic acids is 1. The number of hydrogen-bond donors (Lipinski definition) is 1. The normalized spacial score (nSPS) is 21.3. The summed E-state index contributed by atoms with van der Waals surface area (Å²) in [6.07, 6.45) is 4.07. The van der Waals surface area contributed by atoms with E-state index in [9.17, 15) is 9.18 Å². The van der Waals surface area contributed by atoms with Gasteiger partial charge in [0, 0.05) is 26.3 Å². The summed E-state index contributed by atoms with van der Waals surface area (Å²) in [4.78, 5) is 17.2. The number of benzene rings is 1. The van der Waals surface area contributed by atoms with Gasteiger partial charge in [0.2, 0.25) is 0 Å². The van der Waals surface area contributed by atoms with E-state index < -0.39 is 11.8 Å². The van der Waals surface area contributed by atoms with Crippen molar-refractivity contribution in [2.45, 2.75) is 38.7 Å². The van der Waals surface area contributed by atoms with Gasteiger partial charge in [-0.2, -0.15) is 4.98 Å². The number of aliphatic carboxylic acids is 1. The van der Waals surface area contributed by atoms with Crippen LogP contribution in [0.4, 0.5) is 10.4 Å². The van der Waals surface area contributed by atoms with Gasteiger partial charge in [0.15, 0.2) is 5.82 Å². The second kappa shape index (κ2) is 9.64. The van der Waals surface area contributed by atoms with Crippen LogP contribution < -0.4 is 9.64 Å². The zero-order valence-corrected chi connectivity index (χ0v) is 17.6. The molecule has 1 aliphatic heterocycles. The third-order valence-electron chi connectivity index (χ3n) is 6.25. The highest BCUT2D eigenvalue weighted by Crippen LogP contribution is 2.49. The predicted molar refractivity (Wildman–Crippen MR) is 109 cm³/mol. The van der Waals surface area contributed by atoms with Crippen LogP contribution in [0.5, 0.6) is 5.75 Å². The number of anilines is 1. The van der Waals surface area contributed by atoms with Gasteiger partial charge in [0.25, 0.3) is 0 Å². The number of carbonyl (C=O) groups is 1. The van der Waals surface area contributed by atoms with Gasteiger partial charge in [-0.15, -0.1) is 0 Å². The number of rotatable bonds is 10. The van der Waals surface area contributed by atoms with E-state index >= 15 is 0 Å². The van der Waals surface area contributed by atoms with Crippen LogP contribution >= 0.6 is 0 Å². The Labute approximate surface area is 180 Å². The maximum atomic E-state index is 13.9. The Morgan fingerprint density at radius 2 is 2.16 bits per heavy atom. The molecule has 2 fully saturated rings. The average Bonchev–Trinajstić information content (AvgIpc) is 3.37. The summed E-state index contributed by atoms with van der Waals surface area (Å²) >= 11 is 0. The lowest BCUT2D eigenvalue weighted by Gasteiger charge is -2.30. The van der Waals surface area contributed by atoms with Crippen LogP contribution in [0.15, 0.2) is 22.7 Å². The number of carboxylic acid groups (broad SMARTS) is 1. The number of ether oxygens (including phenoxy) is 2. The molecule has 1 saturated carbocycles. The van der Waals surface area contributed by atoms with Crippen LogP contribution in [0.25, 0.3) is 0 Å². The van der Waals surface area contributed by atoms with Crippen molar-refractivity contribution in [1.82, 2.24) is 10.1 Å². The first kappa shape index (κ1) is 21.5. The SMILES string of the molecule is COCc1noc(N2CCC([C@H]3C[C@H]3CCOc3ccc(CC(=O)O)c(F)c3)CC2)n1. The van der Waals surface area contributed by atoms with Crippen molar-refractivity contribution in [3.63, 3.8) is 0 Å². The van der Waals surface area contributed by atoms with E-state index in [0.717, 1.165) is 38.3 Å². The fourth-order valence-corrected chi connectivity index (χ4v) is 4.51. The van der Waals surface area contributed by atoms with Crippen molar-refractivity contribution in [3.05, 3.63) is 35.4 Å². The molecule has 2 aromatic rings. The highest BCUT2D eigenvalue weighted by atomic mass is 19.1. The van der Waals surface area contributed by atoms with E-state index in [1.54, 1.807) is 13.2 Å². The van der Waals surface area contributed by atoms with Gasteiger partial charge in [0.1, 0.15) is 18.2 Å². The molecule has 1 N–H and O–H groups in total. The van der Waals surface area contributed by atoms with Crippen LogP contribution in [0.2, 0.25) is 0 Å². The van der Waals surface area contributed by atoms with E-state index in [2.05, 4.69) is 15.0 Å². The first-order valence-corrected chi connectivity index (χ1v) is 10.7. The molecule has 1 aromatic heterocycles. The van der Waals surface area contributed by atoms with E-state index in [0.29, 0.717) is 42.6 Å². The predicted octanol–water partition coefficient (Wildman–Crippen LogP) is 3.30.